The Bertz CT molecular complexity index is 947. The number of carbonyl (C=O) groups is 1. The smallest absolute Gasteiger partial charge is 0.260 e. The maximum atomic E-state index is 12.5. The van der Waals surface area contributed by atoms with Gasteiger partial charge < -0.3 is 10.3 Å². The van der Waals surface area contributed by atoms with Crippen LogP contribution in [0.1, 0.15) is 40.9 Å². The molecule has 0 saturated heterocycles. The zero-order valence-corrected chi connectivity index (χ0v) is 14.0. The topological polar surface area (TPSA) is 96.1 Å². The first-order valence-corrected chi connectivity index (χ1v) is 9.41. The first kappa shape index (κ1) is 16.4. The van der Waals surface area contributed by atoms with Gasteiger partial charge in [0.05, 0.1) is 16.7 Å². The summed E-state index contributed by atoms with van der Waals surface area (Å²) in [5.41, 5.74) is 1.43. The summed E-state index contributed by atoms with van der Waals surface area (Å²) < 4.78 is 23.9. The zero-order valence-electron chi connectivity index (χ0n) is 13.2. The summed E-state index contributed by atoms with van der Waals surface area (Å²) in [6, 6.07) is 8.81. The second-order valence-electron chi connectivity index (χ2n) is 5.75. The van der Waals surface area contributed by atoms with Crippen LogP contribution in [0, 0.1) is 0 Å². The number of carbonyl (C=O) groups excluding carboxylic acids is 1. The number of H-pyrrole nitrogens is 1. The molecule has 6 nitrogen and oxygen atoms in total. The maximum absolute atomic E-state index is 12.5. The Morgan fingerprint density at radius 3 is 2.83 bits per heavy atom. The SMILES string of the molecule is CCS(=O)(=O)c1c[nH]c(=O)c(C(=O)N[C@@H]2CCc3ccccc32)c1. The van der Waals surface area contributed by atoms with E-state index in [0.29, 0.717) is 0 Å². The molecule has 0 unspecified atom stereocenters. The molecular weight excluding hydrogens is 328 g/mol. The van der Waals surface area contributed by atoms with Gasteiger partial charge in [-0.3, -0.25) is 9.59 Å². The molecule has 2 aromatic rings. The highest BCUT2D eigenvalue weighted by molar-refractivity contribution is 7.91. The Kier molecular flexibility index (Phi) is 4.28. The van der Waals surface area contributed by atoms with Crippen molar-refractivity contribution in [2.45, 2.75) is 30.7 Å². The lowest BCUT2D eigenvalue weighted by molar-refractivity contribution is 0.0935. The first-order chi connectivity index (χ1) is 11.4. The lowest BCUT2D eigenvalue weighted by Gasteiger charge is -2.14. The van der Waals surface area contributed by atoms with Gasteiger partial charge in [0, 0.05) is 6.20 Å². The van der Waals surface area contributed by atoms with Crippen molar-refractivity contribution < 1.29 is 13.2 Å². The Hall–Kier alpha value is -2.41. The van der Waals surface area contributed by atoms with E-state index in [9.17, 15) is 18.0 Å². The molecule has 1 atom stereocenters. The van der Waals surface area contributed by atoms with Gasteiger partial charge in [-0.2, -0.15) is 0 Å². The van der Waals surface area contributed by atoms with Crippen LogP contribution >= 0.6 is 0 Å². The number of rotatable bonds is 4. The minimum absolute atomic E-state index is 0.0541. The molecule has 0 bridgehead atoms. The van der Waals surface area contributed by atoms with Crippen LogP contribution in [0.2, 0.25) is 0 Å². The number of aromatic amines is 1. The van der Waals surface area contributed by atoms with Gasteiger partial charge in [0.15, 0.2) is 9.84 Å². The van der Waals surface area contributed by atoms with E-state index < -0.39 is 21.3 Å². The summed E-state index contributed by atoms with van der Waals surface area (Å²) in [4.78, 5) is 26.7. The van der Waals surface area contributed by atoms with Crippen molar-refractivity contribution in [3.05, 3.63) is 63.6 Å². The number of hydrogen-bond acceptors (Lipinski definition) is 4. The number of fused-ring (bicyclic) bond motifs is 1. The third kappa shape index (κ3) is 2.99. The molecule has 1 amide bonds. The lowest BCUT2D eigenvalue weighted by atomic mass is 10.1. The highest BCUT2D eigenvalue weighted by Gasteiger charge is 2.25. The molecule has 7 heteroatoms. The Morgan fingerprint density at radius 1 is 1.33 bits per heavy atom. The van der Waals surface area contributed by atoms with Crippen LogP contribution in [0.3, 0.4) is 0 Å². The molecule has 0 fully saturated rings. The number of aromatic nitrogens is 1. The van der Waals surface area contributed by atoms with Crippen molar-refractivity contribution >= 4 is 15.7 Å². The second kappa shape index (κ2) is 6.24. The van der Waals surface area contributed by atoms with E-state index >= 15 is 0 Å². The van der Waals surface area contributed by atoms with E-state index in [1.165, 1.54) is 12.5 Å². The van der Waals surface area contributed by atoms with Crippen LogP contribution in [0.25, 0.3) is 0 Å². The molecule has 24 heavy (non-hydrogen) atoms. The largest absolute Gasteiger partial charge is 0.345 e. The molecule has 0 aliphatic heterocycles. The van der Waals surface area contributed by atoms with Gasteiger partial charge in [0.25, 0.3) is 11.5 Å². The van der Waals surface area contributed by atoms with Crippen LogP contribution < -0.4 is 10.9 Å². The molecule has 0 radical (unpaired) electrons. The van der Waals surface area contributed by atoms with Gasteiger partial charge in [-0.25, -0.2) is 8.42 Å². The van der Waals surface area contributed by atoms with Crippen molar-refractivity contribution in [2.75, 3.05) is 5.75 Å². The van der Waals surface area contributed by atoms with Gasteiger partial charge >= 0.3 is 0 Å². The number of pyridine rings is 1. The summed E-state index contributed by atoms with van der Waals surface area (Å²) in [5, 5.41) is 2.84. The molecule has 0 spiro atoms. The van der Waals surface area contributed by atoms with Gasteiger partial charge in [-0.1, -0.05) is 31.2 Å². The highest BCUT2D eigenvalue weighted by atomic mass is 32.2. The van der Waals surface area contributed by atoms with Crippen molar-refractivity contribution in [1.29, 1.82) is 0 Å². The van der Waals surface area contributed by atoms with Crippen LogP contribution in [0.5, 0.6) is 0 Å². The predicted octanol–water partition coefficient (Wildman–Crippen LogP) is 1.59. The number of sulfone groups is 1. The van der Waals surface area contributed by atoms with Crippen molar-refractivity contribution in [3.8, 4) is 0 Å². The monoisotopic (exact) mass is 346 g/mol. The van der Waals surface area contributed by atoms with Crippen molar-refractivity contribution in [1.82, 2.24) is 10.3 Å². The summed E-state index contributed by atoms with van der Waals surface area (Å²) in [5.74, 6) is -0.665. The third-order valence-electron chi connectivity index (χ3n) is 4.30. The molecule has 1 aromatic carbocycles. The normalized spacial score (nSPS) is 16.6. The lowest BCUT2D eigenvalue weighted by Crippen LogP contribution is -2.32. The summed E-state index contributed by atoms with van der Waals surface area (Å²) in [6.07, 6.45) is 2.75. The molecule has 0 saturated carbocycles. The van der Waals surface area contributed by atoms with Gasteiger partial charge in [0.1, 0.15) is 5.56 Å². The van der Waals surface area contributed by atoms with Gasteiger partial charge in [-0.15, -0.1) is 0 Å². The fourth-order valence-electron chi connectivity index (χ4n) is 2.92. The number of nitrogens with one attached hydrogen (secondary N) is 2. The number of amides is 1. The predicted molar refractivity (Wildman–Crippen MR) is 89.8 cm³/mol. The summed E-state index contributed by atoms with van der Waals surface area (Å²) >= 11 is 0. The number of benzene rings is 1. The van der Waals surface area contributed by atoms with Crippen LogP contribution in [0.15, 0.2) is 46.2 Å². The number of hydrogen-bond donors (Lipinski definition) is 2. The second-order valence-corrected chi connectivity index (χ2v) is 8.02. The molecule has 2 N–H and O–H groups in total. The van der Waals surface area contributed by atoms with E-state index in [-0.39, 0.29) is 22.3 Å². The van der Waals surface area contributed by atoms with E-state index in [4.69, 9.17) is 0 Å². The summed E-state index contributed by atoms with van der Waals surface area (Å²) in [7, 11) is -3.50. The van der Waals surface area contributed by atoms with Gasteiger partial charge in [-0.05, 0) is 30.0 Å². The quantitative estimate of drug-likeness (QED) is 0.878. The minimum Gasteiger partial charge on any atom is -0.345 e. The fourth-order valence-corrected chi connectivity index (χ4v) is 3.79. The third-order valence-corrected chi connectivity index (χ3v) is 6.01. The highest BCUT2D eigenvalue weighted by Crippen LogP contribution is 2.30. The van der Waals surface area contributed by atoms with Crippen LogP contribution in [-0.4, -0.2) is 25.1 Å². The molecule has 1 aliphatic rings. The standard InChI is InChI=1S/C17H18N2O4S/c1-2-24(22,23)12-9-14(16(20)18-10-12)17(21)19-15-8-7-11-5-3-4-6-13(11)15/h3-6,9-10,15H,2,7-8H2,1H3,(H,18,20)(H,19,21)/t15-/m1/s1. The fraction of sp³-hybridized carbons (Fsp3) is 0.294. The van der Waals surface area contributed by atoms with Crippen molar-refractivity contribution in [2.24, 2.45) is 0 Å². The molecule has 3 rings (SSSR count). The number of aryl methyl sites for hydroxylation is 1. The Balaban J connectivity index is 1.89. The molecule has 126 valence electrons. The molecule has 1 aromatic heterocycles. The Morgan fingerprint density at radius 2 is 2.08 bits per heavy atom. The van der Waals surface area contributed by atoms with Gasteiger partial charge in [0.2, 0.25) is 0 Å². The first-order valence-electron chi connectivity index (χ1n) is 7.76. The molecule has 1 heterocycles. The Labute approximate surface area is 139 Å². The minimum atomic E-state index is -3.50. The van der Waals surface area contributed by atoms with Crippen LogP contribution in [-0.2, 0) is 16.3 Å². The van der Waals surface area contributed by atoms with E-state index in [2.05, 4.69) is 10.3 Å². The molecular formula is C17H18N2O4S. The molecule has 1 aliphatic carbocycles. The van der Waals surface area contributed by atoms with E-state index in [1.54, 1.807) is 0 Å². The van der Waals surface area contributed by atoms with Crippen molar-refractivity contribution in [3.63, 3.8) is 0 Å². The zero-order chi connectivity index (χ0) is 17.3. The average Bonchev–Trinajstić information content (AvgIpc) is 2.98. The van der Waals surface area contributed by atoms with E-state index in [1.807, 2.05) is 24.3 Å². The maximum Gasteiger partial charge on any atom is 0.260 e. The van der Waals surface area contributed by atoms with E-state index in [0.717, 1.165) is 30.7 Å². The average molecular weight is 346 g/mol. The van der Waals surface area contributed by atoms with Crippen LogP contribution in [0.4, 0.5) is 0 Å². The summed E-state index contributed by atoms with van der Waals surface area (Å²) in [6.45, 7) is 1.51.